The largest absolute Gasteiger partial charge is 0.330 e. The molecule has 2 aliphatic rings. The average Bonchev–Trinajstić information content (AvgIpc) is 2.83. The molecule has 0 radical (unpaired) electrons. The van der Waals surface area contributed by atoms with Gasteiger partial charge in [0.1, 0.15) is 0 Å². The van der Waals surface area contributed by atoms with E-state index in [2.05, 4.69) is 25.7 Å². The lowest BCUT2D eigenvalue weighted by atomic mass is 9.78. The smallest absolute Gasteiger partial charge is 0.0138 e. The van der Waals surface area contributed by atoms with Crippen LogP contribution >= 0.6 is 0 Å². The minimum Gasteiger partial charge on any atom is -0.330 e. The summed E-state index contributed by atoms with van der Waals surface area (Å²) >= 11 is 0. The summed E-state index contributed by atoms with van der Waals surface area (Å²) in [4.78, 5) is 2.82. The van der Waals surface area contributed by atoms with Crippen molar-refractivity contribution in [3.8, 4) is 0 Å². The molecule has 0 bridgehead atoms. The van der Waals surface area contributed by atoms with Gasteiger partial charge in [-0.15, -0.1) is 0 Å². The molecule has 2 N–H and O–H groups in total. The zero-order chi connectivity index (χ0) is 13.1. The molecular weight excluding hydrogens is 220 g/mol. The maximum Gasteiger partial charge on any atom is 0.0138 e. The van der Waals surface area contributed by atoms with Gasteiger partial charge >= 0.3 is 0 Å². The summed E-state index contributed by atoms with van der Waals surface area (Å²) in [6.45, 7) is 9.34. The summed E-state index contributed by atoms with van der Waals surface area (Å²) in [7, 11) is 0. The van der Waals surface area contributed by atoms with E-state index in [0.29, 0.717) is 0 Å². The Bertz CT molecular complexity index is 253. The van der Waals surface area contributed by atoms with Gasteiger partial charge in [-0.05, 0) is 56.5 Å². The molecule has 5 atom stereocenters. The first kappa shape index (κ1) is 14.3. The summed E-state index contributed by atoms with van der Waals surface area (Å²) in [6, 6.07) is 1.59. The zero-order valence-corrected chi connectivity index (χ0v) is 12.6. The zero-order valence-electron chi connectivity index (χ0n) is 12.6. The van der Waals surface area contributed by atoms with E-state index < -0.39 is 0 Å². The molecule has 2 nitrogen and oxygen atoms in total. The Labute approximate surface area is 113 Å². The summed E-state index contributed by atoms with van der Waals surface area (Å²) in [5, 5.41) is 0. The maximum atomic E-state index is 5.98. The fourth-order valence-corrected chi connectivity index (χ4v) is 4.41. The Morgan fingerprint density at radius 2 is 1.83 bits per heavy atom. The Morgan fingerprint density at radius 1 is 1.06 bits per heavy atom. The van der Waals surface area contributed by atoms with Crippen molar-refractivity contribution in [2.45, 2.75) is 71.4 Å². The Kier molecular flexibility index (Phi) is 5.08. The van der Waals surface area contributed by atoms with Crippen LogP contribution in [0.4, 0.5) is 0 Å². The van der Waals surface area contributed by atoms with E-state index in [1.54, 1.807) is 0 Å². The van der Waals surface area contributed by atoms with Crippen LogP contribution in [0.25, 0.3) is 0 Å². The number of hydrogen-bond acceptors (Lipinski definition) is 2. The Morgan fingerprint density at radius 3 is 2.50 bits per heavy atom. The summed E-state index contributed by atoms with van der Waals surface area (Å²) in [5.41, 5.74) is 5.98. The van der Waals surface area contributed by atoms with E-state index in [9.17, 15) is 0 Å². The van der Waals surface area contributed by atoms with Crippen LogP contribution in [0, 0.1) is 17.8 Å². The van der Waals surface area contributed by atoms with E-state index in [1.807, 2.05) is 0 Å². The fourth-order valence-electron chi connectivity index (χ4n) is 4.41. The van der Waals surface area contributed by atoms with Gasteiger partial charge in [-0.2, -0.15) is 0 Å². The molecular formula is C16H32N2. The third kappa shape index (κ3) is 2.91. The lowest BCUT2D eigenvalue weighted by molar-refractivity contribution is 0.0438. The van der Waals surface area contributed by atoms with Crippen LogP contribution in [0.5, 0.6) is 0 Å². The van der Waals surface area contributed by atoms with Gasteiger partial charge in [0.05, 0.1) is 0 Å². The number of hydrogen-bond donors (Lipinski definition) is 1. The molecule has 2 rings (SSSR count). The van der Waals surface area contributed by atoms with E-state index in [-0.39, 0.29) is 0 Å². The lowest BCUT2D eigenvalue weighted by Gasteiger charge is -2.45. The number of rotatable bonds is 4. The van der Waals surface area contributed by atoms with Gasteiger partial charge in [-0.3, -0.25) is 4.90 Å². The molecule has 2 aliphatic carbocycles. The first-order chi connectivity index (χ1) is 8.67. The predicted octanol–water partition coefficient (Wildman–Crippen LogP) is 3.26. The second-order valence-electron chi connectivity index (χ2n) is 6.79. The van der Waals surface area contributed by atoms with Gasteiger partial charge in [-0.25, -0.2) is 0 Å². The van der Waals surface area contributed by atoms with Gasteiger partial charge in [-0.1, -0.05) is 33.6 Å². The quantitative estimate of drug-likeness (QED) is 0.832. The summed E-state index contributed by atoms with van der Waals surface area (Å²) in [6.07, 6.45) is 8.38. The van der Waals surface area contributed by atoms with Crippen LogP contribution in [-0.4, -0.2) is 30.1 Å². The highest BCUT2D eigenvalue weighted by atomic mass is 15.2. The lowest BCUT2D eigenvalue weighted by Crippen LogP contribution is -2.50. The van der Waals surface area contributed by atoms with Crippen molar-refractivity contribution in [2.75, 3.05) is 13.1 Å². The van der Waals surface area contributed by atoms with Crippen molar-refractivity contribution >= 4 is 0 Å². The van der Waals surface area contributed by atoms with Crippen molar-refractivity contribution in [1.29, 1.82) is 0 Å². The van der Waals surface area contributed by atoms with Gasteiger partial charge in [0.2, 0.25) is 0 Å². The SMILES string of the molecule is CCN(C1CC(C)CCC1C)C1CCCC1CN. The molecule has 5 unspecified atom stereocenters. The molecule has 2 saturated carbocycles. The second kappa shape index (κ2) is 6.38. The van der Waals surface area contributed by atoms with Crippen molar-refractivity contribution < 1.29 is 0 Å². The van der Waals surface area contributed by atoms with Crippen LogP contribution < -0.4 is 5.73 Å². The molecule has 0 aromatic carbocycles. The summed E-state index contributed by atoms with van der Waals surface area (Å²) in [5.74, 6) is 2.55. The second-order valence-corrected chi connectivity index (χ2v) is 6.79. The van der Waals surface area contributed by atoms with E-state index in [0.717, 1.165) is 36.4 Å². The minimum atomic E-state index is 0.759. The average molecular weight is 252 g/mol. The van der Waals surface area contributed by atoms with Crippen molar-refractivity contribution in [3.05, 3.63) is 0 Å². The third-order valence-corrected chi connectivity index (χ3v) is 5.55. The van der Waals surface area contributed by atoms with Gasteiger partial charge in [0.25, 0.3) is 0 Å². The van der Waals surface area contributed by atoms with Crippen LogP contribution in [0.1, 0.15) is 59.3 Å². The van der Waals surface area contributed by atoms with Crippen molar-refractivity contribution in [1.82, 2.24) is 4.90 Å². The number of nitrogens with zero attached hydrogens (tertiary/aromatic N) is 1. The van der Waals surface area contributed by atoms with Crippen LogP contribution in [0.3, 0.4) is 0 Å². The normalized spacial score (nSPS) is 41.5. The third-order valence-electron chi connectivity index (χ3n) is 5.55. The monoisotopic (exact) mass is 252 g/mol. The summed E-state index contributed by atoms with van der Waals surface area (Å²) < 4.78 is 0. The topological polar surface area (TPSA) is 29.3 Å². The van der Waals surface area contributed by atoms with E-state index in [4.69, 9.17) is 5.73 Å². The van der Waals surface area contributed by atoms with E-state index >= 15 is 0 Å². The number of nitrogens with two attached hydrogens (primary N) is 1. The van der Waals surface area contributed by atoms with Crippen molar-refractivity contribution in [3.63, 3.8) is 0 Å². The van der Waals surface area contributed by atoms with Crippen LogP contribution in [0.2, 0.25) is 0 Å². The maximum absolute atomic E-state index is 5.98. The standard InChI is InChI=1S/C16H32N2/c1-4-18(15-7-5-6-14(15)11-17)16-10-12(2)8-9-13(16)3/h12-16H,4-11,17H2,1-3H3. The predicted molar refractivity (Wildman–Crippen MR) is 78.5 cm³/mol. The molecule has 2 fully saturated rings. The van der Waals surface area contributed by atoms with Gasteiger partial charge in [0, 0.05) is 12.1 Å². The molecule has 0 aliphatic heterocycles. The van der Waals surface area contributed by atoms with E-state index in [1.165, 1.54) is 45.1 Å². The highest BCUT2D eigenvalue weighted by Crippen LogP contribution is 2.37. The van der Waals surface area contributed by atoms with Crippen LogP contribution in [-0.2, 0) is 0 Å². The molecule has 0 aromatic rings. The fraction of sp³-hybridized carbons (Fsp3) is 1.00. The Hall–Kier alpha value is -0.0800. The Balaban J connectivity index is 2.06. The molecule has 0 saturated heterocycles. The highest BCUT2D eigenvalue weighted by molar-refractivity contribution is 4.92. The van der Waals surface area contributed by atoms with Crippen molar-refractivity contribution in [2.24, 2.45) is 23.5 Å². The van der Waals surface area contributed by atoms with Gasteiger partial charge in [0.15, 0.2) is 0 Å². The first-order valence-electron chi connectivity index (χ1n) is 8.13. The molecule has 0 heterocycles. The first-order valence-corrected chi connectivity index (χ1v) is 8.13. The molecule has 2 heteroatoms. The molecule has 0 spiro atoms. The van der Waals surface area contributed by atoms with Gasteiger partial charge < -0.3 is 5.73 Å². The molecule has 0 amide bonds. The minimum absolute atomic E-state index is 0.759. The molecule has 106 valence electrons. The molecule has 18 heavy (non-hydrogen) atoms. The molecule has 0 aromatic heterocycles. The highest BCUT2D eigenvalue weighted by Gasteiger charge is 2.37. The van der Waals surface area contributed by atoms with Crippen LogP contribution in [0.15, 0.2) is 0 Å².